The number of imidazole rings is 1. The lowest BCUT2D eigenvalue weighted by molar-refractivity contribution is 0.0859. The van der Waals surface area contributed by atoms with Crippen molar-refractivity contribution in [3.8, 4) is 11.5 Å². The number of para-hydroxylation sites is 2. The van der Waals surface area contributed by atoms with E-state index in [4.69, 9.17) is 32.7 Å². The predicted octanol–water partition coefficient (Wildman–Crippen LogP) is 4.38. The standard InChI is InChI=1S/C15H10Cl2N2O2/c16-8-5-10-11(6-9(8)17)19-15(18-10)14-7-20-12-3-1-2-4-13(12)21-14/h1-6,14H,7H2,(H,18,19). The second-order valence-corrected chi connectivity index (χ2v) is 5.58. The molecule has 0 fully saturated rings. The summed E-state index contributed by atoms with van der Waals surface area (Å²) in [5.41, 5.74) is 1.57. The van der Waals surface area contributed by atoms with Crippen LogP contribution in [-0.4, -0.2) is 16.6 Å². The fourth-order valence-corrected chi connectivity index (χ4v) is 2.65. The van der Waals surface area contributed by atoms with Crippen molar-refractivity contribution in [3.63, 3.8) is 0 Å². The van der Waals surface area contributed by atoms with Crippen molar-refractivity contribution in [2.75, 3.05) is 6.61 Å². The van der Waals surface area contributed by atoms with Gasteiger partial charge < -0.3 is 14.5 Å². The minimum absolute atomic E-state index is 0.287. The zero-order valence-corrected chi connectivity index (χ0v) is 12.3. The third kappa shape index (κ3) is 2.20. The third-order valence-corrected chi connectivity index (χ3v) is 4.08. The van der Waals surface area contributed by atoms with Crippen molar-refractivity contribution >= 4 is 34.2 Å². The molecular weight excluding hydrogens is 311 g/mol. The maximum atomic E-state index is 6.01. The van der Waals surface area contributed by atoms with Crippen LogP contribution in [0.3, 0.4) is 0 Å². The van der Waals surface area contributed by atoms with Crippen LogP contribution in [0.5, 0.6) is 11.5 Å². The van der Waals surface area contributed by atoms with E-state index in [9.17, 15) is 0 Å². The van der Waals surface area contributed by atoms with E-state index in [1.807, 2.05) is 24.3 Å². The molecule has 2 aromatic carbocycles. The molecule has 1 aromatic heterocycles. The molecule has 1 aliphatic rings. The summed E-state index contributed by atoms with van der Waals surface area (Å²) < 4.78 is 11.6. The normalized spacial score (nSPS) is 17.1. The SMILES string of the molecule is Clc1cc2nc(C3COc4ccccc4O3)[nH]c2cc1Cl. The Bertz CT molecular complexity index is 793. The molecule has 0 saturated heterocycles. The molecule has 1 atom stereocenters. The number of hydrogen-bond acceptors (Lipinski definition) is 3. The fourth-order valence-electron chi connectivity index (χ4n) is 2.33. The molecule has 0 bridgehead atoms. The van der Waals surface area contributed by atoms with Gasteiger partial charge in [-0.2, -0.15) is 0 Å². The number of hydrogen-bond donors (Lipinski definition) is 1. The summed E-state index contributed by atoms with van der Waals surface area (Å²) in [6.07, 6.45) is -0.287. The average Bonchev–Trinajstić information content (AvgIpc) is 2.90. The van der Waals surface area contributed by atoms with E-state index in [2.05, 4.69) is 9.97 Å². The molecule has 1 N–H and O–H groups in total. The van der Waals surface area contributed by atoms with Crippen molar-refractivity contribution in [1.82, 2.24) is 9.97 Å². The molecular formula is C15H10Cl2N2O2. The van der Waals surface area contributed by atoms with E-state index in [1.165, 1.54) is 0 Å². The van der Waals surface area contributed by atoms with Gasteiger partial charge in [-0.1, -0.05) is 35.3 Å². The summed E-state index contributed by atoms with van der Waals surface area (Å²) >= 11 is 12.0. The van der Waals surface area contributed by atoms with Crippen molar-refractivity contribution in [2.45, 2.75) is 6.10 Å². The number of H-pyrrole nitrogens is 1. The summed E-state index contributed by atoms with van der Waals surface area (Å²) in [6.45, 7) is 0.401. The lowest BCUT2D eigenvalue weighted by Crippen LogP contribution is -2.22. The second kappa shape index (κ2) is 4.83. The molecule has 4 rings (SSSR count). The van der Waals surface area contributed by atoms with E-state index in [1.54, 1.807) is 12.1 Å². The highest BCUT2D eigenvalue weighted by atomic mass is 35.5. The molecule has 6 heteroatoms. The number of fused-ring (bicyclic) bond motifs is 2. The Balaban J connectivity index is 1.71. The van der Waals surface area contributed by atoms with Crippen molar-refractivity contribution in [2.24, 2.45) is 0 Å². The largest absolute Gasteiger partial charge is 0.485 e. The van der Waals surface area contributed by atoms with Crippen LogP contribution in [0.4, 0.5) is 0 Å². The molecule has 4 nitrogen and oxygen atoms in total. The first kappa shape index (κ1) is 12.8. The van der Waals surface area contributed by atoms with Crippen LogP contribution in [0, 0.1) is 0 Å². The first-order chi connectivity index (χ1) is 10.2. The average molecular weight is 321 g/mol. The predicted molar refractivity (Wildman–Crippen MR) is 81.4 cm³/mol. The highest BCUT2D eigenvalue weighted by Crippen LogP contribution is 2.36. The van der Waals surface area contributed by atoms with E-state index in [0.717, 1.165) is 16.8 Å². The minimum atomic E-state index is -0.287. The molecule has 3 aromatic rings. The lowest BCUT2D eigenvalue weighted by atomic mass is 10.2. The molecule has 0 spiro atoms. The minimum Gasteiger partial charge on any atom is -0.485 e. The Labute approximate surface area is 130 Å². The summed E-state index contributed by atoms with van der Waals surface area (Å²) in [5.74, 6) is 2.15. The van der Waals surface area contributed by atoms with Crippen LogP contribution in [0.15, 0.2) is 36.4 Å². The molecule has 21 heavy (non-hydrogen) atoms. The molecule has 0 amide bonds. The number of benzene rings is 2. The highest BCUT2D eigenvalue weighted by molar-refractivity contribution is 6.42. The van der Waals surface area contributed by atoms with Gasteiger partial charge in [0.15, 0.2) is 23.4 Å². The van der Waals surface area contributed by atoms with E-state index in [-0.39, 0.29) is 6.10 Å². The Kier molecular flexibility index (Phi) is 2.94. The van der Waals surface area contributed by atoms with Crippen LogP contribution in [0.25, 0.3) is 11.0 Å². The Morgan fingerprint density at radius 2 is 1.86 bits per heavy atom. The fraction of sp³-hybridized carbons (Fsp3) is 0.133. The number of nitrogens with zero attached hydrogens (tertiary/aromatic N) is 1. The molecule has 106 valence electrons. The molecule has 2 heterocycles. The van der Waals surface area contributed by atoms with Crippen molar-refractivity contribution in [1.29, 1.82) is 0 Å². The van der Waals surface area contributed by atoms with Gasteiger partial charge in [0.1, 0.15) is 6.61 Å². The van der Waals surface area contributed by atoms with Gasteiger partial charge in [0.2, 0.25) is 0 Å². The van der Waals surface area contributed by atoms with Crippen molar-refractivity contribution < 1.29 is 9.47 Å². The molecule has 0 aliphatic carbocycles. The monoisotopic (exact) mass is 320 g/mol. The van der Waals surface area contributed by atoms with Gasteiger partial charge in [-0.15, -0.1) is 0 Å². The first-order valence-corrected chi connectivity index (χ1v) is 7.19. The van der Waals surface area contributed by atoms with Crippen LogP contribution in [-0.2, 0) is 0 Å². The molecule has 0 saturated carbocycles. The van der Waals surface area contributed by atoms with E-state index < -0.39 is 0 Å². The van der Waals surface area contributed by atoms with Gasteiger partial charge in [0.25, 0.3) is 0 Å². The third-order valence-electron chi connectivity index (χ3n) is 3.36. The maximum absolute atomic E-state index is 6.01. The summed E-state index contributed by atoms with van der Waals surface area (Å²) in [5, 5.41) is 0.971. The number of aromatic nitrogens is 2. The number of nitrogens with one attached hydrogen (secondary N) is 1. The summed E-state index contributed by atoms with van der Waals surface area (Å²) in [7, 11) is 0. The molecule has 0 radical (unpaired) electrons. The van der Waals surface area contributed by atoms with Crippen LogP contribution in [0.2, 0.25) is 10.0 Å². The molecule has 1 unspecified atom stereocenters. The van der Waals surface area contributed by atoms with Gasteiger partial charge in [-0.05, 0) is 24.3 Å². The number of ether oxygens (including phenoxy) is 2. The van der Waals surface area contributed by atoms with Crippen LogP contribution < -0.4 is 9.47 Å². The van der Waals surface area contributed by atoms with Crippen LogP contribution >= 0.6 is 23.2 Å². The smallest absolute Gasteiger partial charge is 0.190 e. The zero-order valence-electron chi connectivity index (χ0n) is 10.8. The first-order valence-electron chi connectivity index (χ1n) is 6.44. The van der Waals surface area contributed by atoms with Gasteiger partial charge in [0.05, 0.1) is 21.1 Å². The number of rotatable bonds is 1. The van der Waals surface area contributed by atoms with Crippen molar-refractivity contribution in [3.05, 3.63) is 52.3 Å². The lowest BCUT2D eigenvalue weighted by Gasteiger charge is -2.24. The van der Waals surface area contributed by atoms with E-state index in [0.29, 0.717) is 28.2 Å². The topological polar surface area (TPSA) is 47.1 Å². The summed E-state index contributed by atoms with van der Waals surface area (Å²) in [6, 6.07) is 11.1. The Hall–Kier alpha value is -1.91. The van der Waals surface area contributed by atoms with E-state index >= 15 is 0 Å². The Morgan fingerprint density at radius 1 is 1.10 bits per heavy atom. The summed E-state index contributed by atoms with van der Waals surface area (Å²) in [4.78, 5) is 7.71. The molecule has 1 aliphatic heterocycles. The van der Waals surface area contributed by atoms with Gasteiger partial charge >= 0.3 is 0 Å². The Morgan fingerprint density at radius 3 is 2.71 bits per heavy atom. The number of aromatic amines is 1. The number of halogens is 2. The van der Waals surface area contributed by atoms with Crippen LogP contribution in [0.1, 0.15) is 11.9 Å². The highest BCUT2D eigenvalue weighted by Gasteiger charge is 2.25. The van der Waals surface area contributed by atoms with Gasteiger partial charge in [0, 0.05) is 0 Å². The maximum Gasteiger partial charge on any atom is 0.190 e. The zero-order chi connectivity index (χ0) is 14.4. The van der Waals surface area contributed by atoms with Gasteiger partial charge in [-0.3, -0.25) is 0 Å². The van der Waals surface area contributed by atoms with Gasteiger partial charge in [-0.25, -0.2) is 4.98 Å². The quantitative estimate of drug-likeness (QED) is 0.723. The second-order valence-electron chi connectivity index (χ2n) is 4.77.